The molecule has 0 aliphatic heterocycles. The van der Waals surface area contributed by atoms with Gasteiger partial charge >= 0.3 is 140 Å². The molecule has 5 N–H and O–H groups in total. The van der Waals surface area contributed by atoms with Gasteiger partial charge in [0.1, 0.15) is 0 Å². The Morgan fingerprint density at radius 3 is 1.11 bits per heavy atom. The molecule has 0 rings (SSSR count). The molecule has 0 aliphatic rings. The van der Waals surface area contributed by atoms with Crippen molar-refractivity contribution >= 4 is 7.82 Å². The second-order valence-electron chi connectivity index (χ2n) is 0.513. The first-order valence-corrected chi connectivity index (χ1v) is 2.35. The van der Waals surface area contributed by atoms with Crippen LogP contribution in [-0.2, 0) is 4.57 Å². The molecule has 0 aliphatic carbocycles. The van der Waals surface area contributed by atoms with Crippen molar-refractivity contribution in [3.63, 3.8) is 0 Å². The third-order valence-electron chi connectivity index (χ3n) is 0. The Balaban J connectivity index is -0.00000000381. The predicted octanol–water partition coefficient (Wildman–Crippen LogP) is -10.4. The first kappa shape index (κ1) is 29.2. The smallest absolute Gasteiger partial charge is 1.00 e. The normalized spacial score (nSPS) is 6.56. The minimum atomic E-state index is -4.64. The van der Waals surface area contributed by atoms with Crippen LogP contribution in [0, 0.1) is 0 Å². The second kappa shape index (κ2) is 14.8. The maximum absolute atomic E-state index is 8.88. The molecule has 0 amide bonds. The van der Waals surface area contributed by atoms with E-state index < -0.39 is 7.82 Å². The van der Waals surface area contributed by atoms with E-state index in [0.717, 1.165) is 0 Å². The first-order valence-electron chi connectivity index (χ1n) is 0.783. The van der Waals surface area contributed by atoms with E-state index in [9.17, 15) is 0 Å². The summed E-state index contributed by atoms with van der Waals surface area (Å²) < 4.78 is 8.88. The Morgan fingerprint density at radius 2 is 1.11 bits per heavy atom. The molecule has 0 saturated heterocycles. The number of hydrogen-bond donors (Lipinski definition) is 3. The molecule has 9 heteroatoms. The van der Waals surface area contributed by atoms with E-state index in [1.54, 1.807) is 0 Å². The fourth-order valence-corrected chi connectivity index (χ4v) is 0. The minimum Gasteiger partial charge on any atom is -1.00 e. The van der Waals surface area contributed by atoms with E-state index >= 15 is 0 Å². The molecule has 0 atom stereocenters. The molecule has 0 aromatic carbocycles. The van der Waals surface area contributed by atoms with E-state index in [4.69, 9.17) is 19.2 Å². The van der Waals surface area contributed by atoms with Crippen LogP contribution < -0.4 is 132 Å². The Bertz CT molecular complexity index is 70.8. The summed E-state index contributed by atoms with van der Waals surface area (Å²) in [6.07, 6.45) is 0. The summed E-state index contributed by atoms with van der Waals surface area (Å²) in [7, 11) is -4.64. The van der Waals surface area contributed by atoms with Crippen molar-refractivity contribution in [2.75, 3.05) is 0 Å². The van der Waals surface area contributed by atoms with Crippen LogP contribution in [-0.4, -0.2) is 20.2 Å². The van der Waals surface area contributed by atoms with Gasteiger partial charge in [0.05, 0.1) is 0 Å². The Labute approximate surface area is 165 Å². The summed E-state index contributed by atoms with van der Waals surface area (Å²) >= 11 is 0. The molecule has 0 aromatic rings. The van der Waals surface area contributed by atoms with E-state index in [2.05, 4.69) is 0 Å². The largest absolute Gasteiger partial charge is 1.00 e. The van der Waals surface area contributed by atoms with Crippen molar-refractivity contribution in [3.8, 4) is 0 Å². The molecule has 0 unspecified atom stereocenters. The van der Waals surface area contributed by atoms with E-state index in [1.165, 1.54) is 0 Å². The summed E-state index contributed by atoms with van der Waals surface area (Å²) in [6, 6.07) is 0. The minimum absolute atomic E-state index is 0. The average Bonchev–Trinajstić information content (AvgIpc) is 0.722. The molecule has 0 bridgehead atoms. The summed E-state index contributed by atoms with van der Waals surface area (Å²) in [5.41, 5.74) is 0. The maximum Gasteiger partial charge on any atom is 1.00 e. The Morgan fingerprint density at radius 1 is 1.11 bits per heavy atom. The van der Waals surface area contributed by atoms with Crippen LogP contribution >= 0.6 is 7.82 Å². The van der Waals surface area contributed by atoms with Gasteiger partial charge in [0.15, 0.2) is 0 Å². The van der Waals surface area contributed by atoms with Crippen LogP contribution in [0.4, 0.5) is 0 Å². The van der Waals surface area contributed by atoms with Gasteiger partial charge in [0.2, 0.25) is 0 Å². The SMILES string of the molecule is O.O=P(O)(O)O.[H-].[H-].[H-].[K+].[K+].[Na+]. The topological polar surface area (TPSA) is 109 Å². The van der Waals surface area contributed by atoms with Gasteiger partial charge in [0, 0.05) is 0 Å². The molecule has 0 fully saturated rings. The van der Waals surface area contributed by atoms with E-state index in [-0.39, 0.29) is 142 Å². The maximum atomic E-state index is 8.88. The number of rotatable bonds is 0. The Kier molecular flexibility index (Phi) is 48.2. The van der Waals surface area contributed by atoms with Crippen molar-refractivity contribution in [2.24, 2.45) is 0 Å². The van der Waals surface area contributed by atoms with E-state index in [1.807, 2.05) is 0 Å². The summed E-state index contributed by atoms with van der Waals surface area (Å²) in [5.74, 6) is 0. The van der Waals surface area contributed by atoms with Gasteiger partial charge in [-0.25, -0.2) is 4.57 Å². The number of phosphoric acid groups is 1. The predicted molar refractivity (Wildman–Crippen MR) is 21.2 cm³/mol. The van der Waals surface area contributed by atoms with Crippen LogP contribution in [0.5, 0.6) is 0 Å². The molecule has 0 radical (unpaired) electrons. The number of hydrogen-bond acceptors (Lipinski definition) is 1. The monoisotopic (exact) mass is 220 g/mol. The van der Waals surface area contributed by atoms with Gasteiger partial charge in [-0.15, -0.1) is 0 Å². The summed E-state index contributed by atoms with van der Waals surface area (Å²) in [5, 5.41) is 0. The van der Waals surface area contributed by atoms with Gasteiger partial charge in [-0.2, -0.15) is 0 Å². The molecule has 0 saturated carbocycles. The quantitative estimate of drug-likeness (QED) is 0.278. The van der Waals surface area contributed by atoms with Crippen LogP contribution in [0.25, 0.3) is 0 Å². The molecular formula is H8K2NaO5P. The standard InChI is InChI=1S/2K.Na.H3O4P.H2O.3H/c;;;1-5(2,3)4;;;;/h;;;(H3,1,2,3,4);1H2;;;/q3*+1;;;3*-1. The fourth-order valence-electron chi connectivity index (χ4n) is 0. The van der Waals surface area contributed by atoms with Crippen molar-refractivity contribution in [1.82, 2.24) is 0 Å². The van der Waals surface area contributed by atoms with Crippen molar-refractivity contribution in [2.45, 2.75) is 0 Å². The fraction of sp³-hybridized carbons (Fsp3) is 0. The van der Waals surface area contributed by atoms with Gasteiger partial charge in [0.25, 0.3) is 0 Å². The van der Waals surface area contributed by atoms with Crippen molar-refractivity contribution in [1.29, 1.82) is 0 Å². The molecule has 0 spiro atoms. The van der Waals surface area contributed by atoms with Gasteiger partial charge in [-0.05, 0) is 0 Å². The zero-order chi connectivity index (χ0) is 4.50. The van der Waals surface area contributed by atoms with Crippen LogP contribution in [0.3, 0.4) is 0 Å². The Hall–Kier alpha value is 4.34. The van der Waals surface area contributed by atoms with Crippen LogP contribution in [0.1, 0.15) is 4.28 Å². The molecule has 0 aromatic heterocycles. The van der Waals surface area contributed by atoms with Gasteiger partial charge in [-0.1, -0.05) is 0 Å². The summed E-state index contributed by atoms with van der Waals surface area (Å²) in [6.45, 7) is 0. The molecule has 0 heterocycles. The third-order valence-corrected chi connectivity index (χ3v) is 0. The van der Waals surface area contributed by atoms with E-state index in [0.29, 0.717) is 0 Å². The van der Waals surface area contributed by atoms with Gasteiger partial charge < -0.3 is 24.4 Å². The zero-order valence-corrected chi connectivity index (χ0v) is 14.8. The zero-order valence-electron chi connectivity index (χ0n) is 8.70. The molecule has 9 heavy (non-hydrogen) atoms. The van der Waals surface area contributed by atoms with Crippen LogP contribution in [0.2, 0.25) is 0 Å². The molecule has 5 nitrogen and oxygen atoms in total. The first-order chi connectivity index (χ1) is 2.00. The van der Waals surface area contributed by atoms with Gasteiger partial charge in [-0.3, -0.25) is 0 Å². The second-order valence-corrected chi connectivity index (χ2v) is 1.54. The molecule has 46 valence electrons. The molecular weight excluding hydrogens is 212 g/mol. The van der Waals surface area contributed by atoms with Crippen molar-refractivity contribution < 1.29 is 161 Å². The van der Waals surface area contributed by atoms with Crippen molar-refractivity contribution in [3.05, 3.63) is 0 Å². The summed E-state index contributed by atoms with van der Waals surface area (Å²) in [4.78, 5) is 21.6. The third kappa shape index (κ3) is 70.0. The van der Waals surface area contributed by atoms with Crippen LogP contribution in [0.15, 0.2) is 0 Å². The average molecular weight is 220 g/mol.